The molecule has 0 radical (unpaired) electrons. The summed E-state index contributed by atoms with van der Waals surface area (Å²) in [6.07, 6.45) is 2.03. The Hall–Kier alpha value is -1.53. The van der Waals surface area contributed by atoms with Gasteiger partial charge in [-0.3, -0.25) is 0 Å². The summed E-state index contributed by atoms with van der Waals surface area (Å²) < 4.78 is 5.21. The van der Waals surface area contributed by atoms with Gasteiger partial charge in [0.15, 0.2) is 0 Å². The van der Waals surface area contributed by atoms with E-state index in [-0.39, 0.29) is 11.3 Å². The fourth-order valence-corrected chi connectivity index (χ4v) is 1.95. The normalized spacial score (nSPS) is 10.3. The molecule has 0 bridgehead atoms. The van der Waals surface area contributed by atoms with E-state index in [4.69, 9.17) is 16.3 Å². The van der Waals surface area contributed by atoms with E-state index in [2.05, 4.69) is 20.3 Å². The van der Waals surface area contributed by atoms with Crippen molar-refractivity contribution in [1.82, 2.24) is 15.0 Å². The van der Waals surface area contributed by atoms with E-state index in [0.29, 0.717) is 12.6 Å². The second-order valence-electron chi connectivity index (χ2n) is 3.50. The van der Waals surface area contributed by atoms with E-state index in [1.54, 1.807) is 11.8 Å². The first-order valence-corrected chi connectivity index (χ1v) is 7.27. The lowest BCUT2D eigenvalue weighted by molar-refractivity contribution is 0.312. The van der Waals surface area contributed by atoms with E-state index >= 15 is 0 Å². The maximum absolute atomic E-state index is 5.81. The number of hydrogen-bond acceptors (Lipinski definition) is 6. The highest BCUT2D eigenvalue weighted by molar-refractivity contribution is 7.98. The van der Waals surface area contributed by atoms with Crippen molar-refractivity contribution in [3.8, 4) is 6.01 Å². The van der Waals surface area contributed by atoms with Crippen molar-refractivity contribution in [2.24, 2.45) is 0 Å². The van der Waals surface area contributed by atoms with Gasteiger partial charge in [0.1, 0.15) is 0 Å². The molecule has 1 N–H and O–H groups in total. The molecule has 1 aromatic heterocycles. The van der Waals surface area contributed by atoms with Crippen molar-refractivity contribution in [3.05, 3.63) is 29.5 Å². The van der Waals surface area contributed by atoms with Crippen LogP contribution in [-0.2, 0) is 0 Å². The first-order chi connectivity index (χ1) is 9.21. The van der Waals surface area contributed by atoms with Crippen LogP contribution >= 0.6 is 23.4 Å². The Labute approximate surface area is 120 Å². The summed E-state index contributed by atoms with van der Waals surface area (Å²) in [5.41, 5.74) is 0.877. The lowest BCUT2D eigenvalue weighted by Crippen LogP contribution is -2.03. The van der Waals surface area contributed by atoms with Gasteiger partial charge in [-0.2, -0.15) is 15.0 Å². The molecule has 0 amide bonds. The molecule has 0 spiro atoms. The third-order valence-corrected chi connectivity index (χ3v) is 3.12. The predicted octanol–water partition coefficient (Wildman–Crippen LogP) is 3.39. The molecule has 0 aliphatic heterocycles. The molecular formula is C12H13ClN4OS. The van der Waals surface area contributed by atoms with Gasteiger partial charge in [-0.15, -0.1) is 11.8 Å². The number of nitrogens with zero attached hydrogens (tertiary/aromatic N) is 3. The largest absolute Gasteiger partial charge is 0.464 e. The SMILES string of the molecule is CCOc1nc(Cl)nc(Nc2ccc(SC)cc2)n1. The van der Waals surface area contributed by atoms with Crippen molar-refractivity contribution in [3.63, 3.8) is 0 Å². The molecule has 0 atom stereocenters. The molecule has 2 aromatic rings. The van der Waals surface area contributed by atoms with Crippen molar-refractivity contribution < 1.29 is 4.74 Å². The van der Waals surface area contributed by atoms with E-state index in [9.17, 15) is 0 Å². The van der Waals surface area contributed by atoms with Gasteiger partial charge in [-0.1, -0.05) is 0 Å². The van der Waals surface area contributed by atoms with Gasteiger partial charge in [-0.25, -0.2) is 0 Å². The minimum Gasteiger partial charge on any atom is -0.464 e. The number of ether oxygens (including phenoxy) is 1. The minimum absolute atomic E-state index is 0.0988. The second-order valence-corrected chi connectivity index (χ2v) is 4.71. The van der Waals surface area contributed by atoms with Gasteiger partial charge in [-0.05, 0) is 49.0 Å². The van der Waals surface area contributed by atoms with Crippen molar-refractivity contribution in [1.29, 1.82) is 0 Å². The van der Waals surface area contributed by atoms with E-state index in [1.165, 1.54) is 4.90 Å². The number of benzene rings is 1. The lowest BCUT2D eigenvalue weighted by atomic mass is 10.3. The summed E-state index contributed by atoms with van der Waals surface area (Å²) in [6, 6.07) is 8.14. The summed E-state index contributed by atoms with van der Waals surface area (Å²) in [6.45, 7) is 2.33. The fraction of sp³-hybridized carbons (Fsp3) is 0.250. The van der Waals surface area contributed by atoms with E-state index in [1.807, 2.05) is 37.4 Å². The van der Waals surface area contributed by atoms with Crippen molar-refractivity contribution in [2.45, 2.75) is 11.8 Å². The zero-order valence-corrected chi connectivity index (χ0v) is 12.1. The first kappa shape index (κ1) is 13.9. The van der Waals surface area contributed by atoms with Crippen LogP contribution in [-0.4, -0.2) is 27.8 Å². The van der Waals surface area contributed by atoms with Crippen LogP contribution in [0.15, 0.2) is 29.2 Å². The highest BCUT2D eigenvalue weighted by Gasteiger charge is 2.06. The molecule has 0 unspecified atom stereocenters. The van der Waals surface area contributed by atoms with Crippen molar-refractivity contribution in [2.75, 3.05) is 18.2 Å². The van der Waals surface area contributed by atoms with Crippen LogP contribution in [0.1, 0.15) is 6.92 Å². The first-order valence-electron chi connectivity index (χ1n) is 5.66. The Kier molecular flexibility index (Phi) is 4.81. The molecular weight excluding hydrogens is 284 g/mol. The second kappa shape index (κ2) is 6.58. The smallest absolute Gasteiger partial charge is 0.322 e. The molecule has 0 aliphatic carbocycles. The summed E-state index contributed by atoms with van der Waals surface area (Å²) in [5, 5.41) is 3.16. The lowest BCUT2D eigenvalue weighted by Gasteiger charge is -2.07. The topological polar surface area (TPSA) is 59.9 Å². The Morgan fingerprint density at radius 1 is 1.21 bits per heavy atom. The summed E-state index contributed by atoms with van der Waals surface area (Å²) in [5.74, 6) is 0.361. The standard InChI is InChI=1S/C12H13ClN4OS/c1-3-18-12-16-10(13)15-11(17-12)14-8-4-6-9(19-2)7-5-8/h4-7H,3H2,1-2H3,(H,14,15,16,17). The number of halogens is 1. The fourth-order valence-electron chi connectivity index (χ4n) is 1.38. The van der Waals surface area contributed by atoms with Gasteiger partial charge >= 0.3 is 6.01 Å². The Morgan fingerprint density at radius 3 is 2.58 bits per heavy atom. The molecule has 0 saturated carbocycles. The Bertz CT molecular complexity index is 550. The van der Waals surface area contributed by atoms with Crippen LogP contribution in [0.25, 0.3) is 0 Å². The third kappa shape index (κ3) is 3.97. The average molecular weight is 297 g/mol. The maximum atomic E-state index is 5.81. The molecule has 0 fully saturated rings. The zero-order chi connectivity index (χ0) is 13.7. The quantitative estimate of drug-likeness (QED) is 0.854. The third-order valence-electron chi connectivity index (χ3n) is 2.21. The monoisotopic (exact) mass is 296 g/mol. The van der Waals surface area contributed by atoms with Crippen molar-refractivity contribution >= 4 is 35.0 Å². The van der Waals surface area contributed by atoms with Gasteiger partial charge in [0.05, 0.1) is 6.61 Å². The summed E-state index contributed by atoms with van der Waals surface area (Å²) in [7, 11) is 0. The molecule has 19 heavy (non-hydrogen) atoms. The van der Waals surface area contributed by atoms with Gasteiger partial charge in [0.2, 0.25) is 11.2 Å². The predicted molar refractivity (Wildman–Crippen MR) is 77.5 cm³/mol. The number of hydrogen-bond donors (Lipinski definition) is 1. The average Bonchev–Trinajstić information content (AvgIpc) is 2.39. The highest BCUT2D eigenvalue weighted by atomic mass is 35.5. The Balaban J connectivity index is 2.17. The molecule has 1 heterocycles. The molecule has 5 nitrogen and oxygen atoms in total. The molecule has 7 heteroatoms. The summed E-state index contributed by atoms with van der Waals surface area (Å²) in [4.78, 5) is 13.2. The molecule has 0 aliphatic rings. The van der Waals surface area contributed by atoms with E-state index < -0.39 is 0 Å². The number of thioether (sulfide) groups is 1. The van der Waals surface area contributed by atoms with E-state index in [0.717, 1.165) is 5.69 Å². The molecule has 1 aromatic carbocycles. The van der Waals surface area contributed by atoms with Gasteiger partial charge < -0.3 is 10.1 Å². The molecule has 2 rings (SSSR count). The van der Waals surface area contributed by atoms with Crippen LogP contribution in [0.5, 0.6) is 6.01 Å². The van der Waals surface area contributed by atoms with Gasteiger partial charge in [0, 0.05) is 10.6 Å². The van der Waals surface area contributed by atoms with Crippen LogP contribution in [0.3, 0.4) is 0 Å². The van der Waals surface area contributed by atoms with Crippen LogP contribution in [0.4, 0.5) is 11.6 Å². The number of rotatable bonds is 5. The van der Waals surface area contributed by atoms with Crippen LogP contribution in [0.2, 0.25) is 5.28 Å². The summed E-state index contributed by atoms with van der Waals surface area (Å²) >= 11 is 7.50. The molecule has 0 saturated heterocycles. The number of anilines is 2. The maximum Gasteiger partial charge on any atom is 0.322 e. The highest BCUT2D eigenvalue weighted by Crippen LogP contribution is 2.20. The molecule has 100 valence electrons. The minimum atomic E-state index is 0.0988. The van der Waals surface area contributed by atoms with Crippen LogP contribution < -0.4 is 10.1 Å². The zero-order valence-electron chi connectivity index (χ0n) is 10.6. The van der Waals surface area contributed by atoms with Crippen LogP contribution in [0, 0.1) is 0 Å². The number of aromatic nitrogens is 3. The Morgan fingerprint density at radius 2 is 1.95 bits per heavy atom. The van der Waals surface area contributed by atoms with Gasteiger partial charge in [0.25, 0.3) is 0 Å². The number of nitrogens with one attached hydrogen (secondary N) is 1.